The minimum atomic E-state index is -0.773. The lowest BCUT2D eigenvalue weighted by molar-refractivity contribution is -0.131. The molecule has 3 N–H and O–H groups in total. The van der Waals surface area contributed by atoms with Gasteiger partial charge in [-0.05, 0) is 71.5 Å². The minimum Gasteiger partial charge on any atom is -0.449 e. The molecule has 7 rings (SSSR count). The predicted octanol–water partition coefficient (Wildman–Crippen LogP) is 6.50. The van der Waals surface area contributed by atoms with Gasteiger partial charge in [0.15, 0.2) is 0 Å². The molecule has 2 aliphatic heterocycles. The summed E-state index contributed by atoms with van der Waals surface area (Å²) in [7, 11) is 1.72. The average Bonchev–Trinajstić information content (AvgIpc) is 3.03. The van der Waals surface area contributed by atoms with E-state index in [4.69, 9.17) is 9.47 Å². The van der Waals surface area contributed by atoms with Crippen molar-refractivity contribution in [1.82, 2.24) is 14.9 Å². The van der Waals surface area contributed by atoms with E-state index in [1.54, 1.807) is 60.7 Å². The van der Waals surface area contributed by atoms with Gasteiger partial charge in [-0.1, -0.05) is 37.3 Å². The third-order valence-corrected chi connectivity index (χ3v) is 7.90. The van der Waals surface area contributed by atoms with Crippen LogP contribution in [0.2, 0.25) is 0 Å². The Kier molecular flexibility index (Phi) is 8.20. The highest BCUT2D eigenvalue weighted by atomic mass is 16.5. The molecular weight excluding hydrogens is 570 g/mol. The lowest BCUT2D eigenvalue weighted by Gasteiger charge is -2.28. The molecule has 0 fully saturated rings. The Morgan fingerprint density at radius 1 is 1.00 bits per heavy atom. The number of likely N-dealkylation sites (N-methyl/N-ethyl adjacent to an activating group) is 1. The molecule has 0 unspecified atom stereocenters. The van der Waals surface area contributed by atoms with Gasteiger partial charge < -0.3 is 24.7 Å². The molecule has 45 heavy (non-hydrogen) atoms. The maximum atomic E-state index is 14.3. The molecule has 5 aromatic rings. The number of aromatic amines is 1. The van der Waals surface area contributed by atoms with Crippen molar-refractivity contribution in [2.45, 2.75) is 32.4 Å². The van der Waals surface area contributed by atoms with E-state index in [0.29, 0.717) is 34.0 Å². The number of H-pyrrole nitrogens is 1. The number of carbonyl (C=O) groups is 2. The molecule has 2 atom stereocenters. The first-order valence-electron chi connectivity index (χ1n) is 14.6. The summed E-state index contributed by atoms with van der Waals surface area (Å²) in [4.78, 5) is 48.1. The summed E-state index contributed by atoms with van der Waals surface area (Å²) in [6.45, 7) is 4.30. The monoisotopic (exact) mass is 603 g/mol. The van der Waals surface area contributed by atoms with E-state index in [0.717, 1.165) is 22.1 Å². The fourth-order valence-electron chi connectivity index (χ4n) is 5.56. The third kappa shape index (κ3) is 6.50. The molecule has 4 heterocycles. The first-order chi connectivity index (χ1) is 21.7. The van der Waals surface area contributed by atoms with Gasteiger partial charge in [0.05, 0.1) is 6.61 Å². The zero-order chi connectivity index (χ0) is 31.5. The first-order valence-corrected chi connectivity index (χ1v) is 14.6. The normalized spacial score (nSPS) is 17.1. The van der Waals surface area contributed by atoms with Crippen molar-refractivity contribution < 1.29 is 19.1 Å². The van der Waals surface area contributed by atoms with Crippen LogP contribution in [0, 0.1) is 6.92 Å². The van der Waals surface area contributed by atoms with E-state index in [1.165, 1.54) is 0 Å². The van der Waals surface area contributed by atoms with Crippen molar-refractivity contribution >= 4 is 34.1 Å². The summed E-state index contributed by atoms with van der Waals surface area (Å²) < 4.78 is 11.7. The number of amides is 2. The zero-order valence-electron chi connectivity index (χ0n) is 25.2. The van der Waals surface area contributed by atoms with E-state index in [1.807, 2.05) is 56.3 Å². The largest absolute Gasteiger partial charge is 0.449 e. The number of aromatic nitrogens is 2. The molecule has 0 spiro atoms. The highest BCUT2D eigenvalue weighted by Gasteiger charge is 2.27. The number of rotatable bonds is 4. The second-order valence-corrected chi connectivity index (χ2v) is 11.2. The van der Waals surface area contributed by atoms with Crippen molar-refractivity contribution in [1.29, 1.82) is 0 Å². The second-order valence-electron chi connectivity index (χ2n) is 11.2. The van der Waals surface area contributed by atoms with Gasteiger partial charge in [-0.25, -0.2) is 9.78 Å². The number of pyridine rings is 2. The molecular formula is C35H33N5O5. The zero-order valence-corrected chi connectivity index (χ0v) is 25.2. The third-order valence-electron chi connectivity index (χ3n) is 7.90. The van der Waals surface area contributed by atoms with Crippen LogP contribution < -0.4 is 20.9 Å². The highest BCUT2D eigenvalue weighted by molar-refractivity contribution is 5.89. The summed E-state index contributed by atoms with van der Waals surface area (Å²) in [5.74, 6) is 0.594. The van der Waals surface area contributed by atoms with Crippen LogP contribution in [-0.2, 0) is 16.1 Å². The van der Waals surface area contributed by atoms with E-state index < -0.39 is 12.1 Å². The summed E-state index contributed by atoms with van der Waals surface area (Å²) in [5.41, 5.74) is 4.30. The van der Waals surface area contributed by atoms with Gasteiger partial charge in [-0.3, -0.25) is 14.9 Å². The van der Waals surface area contributed by atoms with Crippen LogP contribution in [-0.4, -0.2) is 40.5 Å². The Morgan fingerprint density at radius 2 is 1.87 bits per heavy atom. The van der Waals surface area contributed by atoms with E-state index in [2.05, 4.69) is 20.6 Å². The Labute approximate surface area is 260 Å². The average molecular weight is 604 g/mol. The lowest BCUT2D eigenvalue weighted by atomic mass is 9.93. The van der Waals surface area contributed by atoms with Gasteiger partial charge in [0, 0.05) is 60.3 Å². The smallest absolute Gasteiger partial charge is 0.411 e. The van der Waals surface area contributed by atoms with Gasteiger partial charge in [-0.15, -0.1) is 0 Å². The van der Waals surface area contributed by atoms with Crippen LogP contribution in [0.4, 0.5) is 16.2 Å². The number of hydrogen-bond acceptors (Lipinski definition) is 7. The van der Waals surface area contributed by atoms with Crippen LogP contribution in [0.25, 0.3) is 10.8 Å². The van der Waals surface area contributed by atoms with Crippen molar-refractivity contribution in [2.24, 2.45) is 0 Å². The predicted molar refractivity (Wildman–Crippen MR) is 173 cm³/mol. The Balaban J connectivity index is 1.41. The second kappa shape index (κ2) is 12.5. The van der Waals surface area contributed by atoms with Crippen molar-refractivity contribution in [3.8, 4) is 11.6 Å². The van der Waals surface area contributed by atoms with Crippen LogP contribution in [0.1, 0.15) is 41.1 Å². The van der Waals surface area contributed by atoms with Crippen LogP contribution in [0.5, 0.6) is 11.6 Å². The number of hydrogen-bond donors (Lipinski definition) is 3. The van der Waals surface area contributed by atoms with Crippen molar-refractivity contribution in [2.75, 3.05) is 24.3 Å². The number of aryl methyl sites for hydroxylation is 1. The molecule has 10 heteroatoms. The molecule has 2 aliphatic rings. The summed E-state index contributed by atoms with van der Waals surface area (Å²) in [6.07, 6.45) is 2.67. The topological polar surface area (TPSA) is 126 Å². The molecule has 0 saturated heterocycles. The summed E-state index contributed by atoms with van der Waals surface area (Å²) >= 11 is 0. The SMILES string of the molecule is Cc1cc2ccc1[C@@H](C)COC(=O)Nc1ccc(Oc3ccccn3)c(c1)CN(C)C(=O)[C@@H]2Nc1ccc2cc[nH]c(=O)c2c1. The maximum Gasteiger partial charge on any atom is 0.411 e. The Bertz CT molecular complexity index is 1940. The molecule has 2 aromatic heterocycles. The fourth-order valence-corrected chi connectivity index (χ4v) is 5.56. The van der Waals surface area contributed by atoms with Crippen LogP contribution in [0.15, 0.2) is 96.1 Å². The summed E-state index contributed by atoms with van der Waals surface area (Å²) in [6, 6.07) is 22.9. The van der Waals surface area contributed by atoms with Gasteiger partial charge in [0.1, 0.15) is 11.8 Å². The first kappa shape index (κ1) is 29.4. The number of anilines is 2. The molecule has 10 nitrogen and oxygen atoms in total. The fraction of sp³-hybridized carbons (Fsp3) is 0.200. The lowest BCUT2D eigenvalue weighted by Crippen LogP contribution is -2.35. The number of benzene rings is 3. The number of nitrogens with one attached hydrogen (secondary N) is 3. The molecule has 4 bridgehead atoms. The van der Waals surface area contributed by atoms with E-state index >= 15 is 0 Å². The molecule has 3 aromatic carbocycles. The summed E-state index contributed by atoms with van der Waals surface area (Å²) in [5, 5.41) is 7.51. The van der Waals surface area contributed by atoms with E-state index in [9.17, 15) is 14.4 Å². The number of ether oxygens (including phenoxy) is 2. The van der Waals surface area contributed by atoms with Gasteiger partial charge >= 0.3 is 6.09 Å². The molecule has 2 amide bonds. The van der Waals surface area contributed by atoms with Crippen LogP contribution in [0.3, 0.4) is 0 Å². The maximum absolute atomic E-state index is 14.3. The minimum absolute atomic E-state index is 0.0839. The van der Waals surface area contributed by atoms with Crippen LogP contribution >= 0.6 is 0 Å². The number of carbonyl (C=O) groups excluding carboxylic acids is 2. The molecule has 0 aliphatic carbocycles. The van der Waals surface area contributed by atoms with Gasteiger partial charge in [0.2, 0.25) is 11.8 Å². The van der Waals surface area contributed by atoms with Crippen molar-refractivity contribution in [3.05, 3.63) is 124 Å². The molecule has 228 valence electrons. The van der Waals surface area contributed by atoms with Gasteiger partial charge in [-0.2, -0.15) is 0 Å². The quantitative estimate of drug-likeness (QED) is 0.214. The molecule has 0 radical (unpaired) electrons. The van der Waals surface area contributed by atoms with E-state index in [-0.39, 0.29) is 30.5 Å². The highest BCUT2D eigenvalue weighted by Crippen LogP contribution is 2.32. The van der Waals surface area contributed by atoms with Crippen molar-refractivity contribution in [3.63, 3.8) is 0 Å². The van der Waals surface area contributed by atoms with Gasteiger partial charge in [0.25, 0.3) is 5.56 Å². The number of nitrogens with zero attached hydrogens (tertiary/aromatic N) is 2. The standard InChI is InChI=1S/C35H33N5O5/c1-21-16-24-8-11-28(21)22(2)20-44-35(43)39-26-10-12-30(45-31-6-4-5-14-36-31)25(17-26)19-40(3)34(42)32(24)38-27-9-7-23-13-15-37-33(41)29(23)18-27/h4-18,22,32,38H,19-20H2,1-3H3,(H,37,41)(H,39,43)/t22-,32+/m0/s1. The number of fused-ring (bicyclic) bond motifs is 10. The Hall–Kier alpha value is -5.64. The Morgan fingerprint density at radius 3 is 2.67 bits per heavy atom. The molecule has 0 saturated carbocycles.